The molecule has 1 saturated heterocycles. The van der Waals surface area contributed by atoms with E-state index < -0.39 is 0 Å². The molecule has 6 heteroatoms. The molecule has 1 heterocycles. The molecule has 2 aromatic rings. The van der Waals surface area contributed by atoms with E-state index in [0.717, 1.165) is 16.8 Å². The van der Waals surface area contributed by atoms with Gasteiger partial charge >= 0.3 is 0 Å². The topological polar surface area (TPSA) is 61.7 Å². The van der Waals surface area contributed by atoms with Crippen LogP contribution in [0.1, 0.15) is 11.1 Å². The van der Waals surface area contributed by atoms with Gasteiger partial charge in [-0.25, -0.2) is 4.99 Å². The Balaban J connectivity index is 1.87. The van der Waals surface area contributed by atoms with Crippen LogP contribution in [0, 0.1) is 6.92 Å². The molecule has 0 atom stereocenters. The third kappa shape index (κ3) is 3.75. The van der Waals surface area contributed by atoms with Crippen molar-refractivity contribution in [1.29, 1.82) is 0 Å². The van der Waals surface area contributed by atoms with Crippen LogP contribution in [0.3, 0.4) is 0 Å². The number of aromatic hydroxyl groups is 1. The van der Waals surface area contributed by atoms with Crippen molar-refractivity contribution in [3.05, 3.63) is 63.5 Å². The zero-order valence-electron chi connectivity index (χ0n) is 12.2. The number of amides is 1. The molecule has 1 aliphatic heterocycles. The first-order chi connectivity index (χ1) is 11.0. The minimum Gasteiger partial charge on any atom is -0.508 e. The fraction of sp³-hybridized carbons (Fsp3) is 0.0588. The second kappa shape index (κ2) is 6.48. The molecule has 0 spiro atoms. The van der Waals surface area contributed by atoms with E-state index in [1.54, 1.807) is 36.4 Å². The van der Waals surface area contributed by atoms with Crippen LogP contribution in [-0.2, 0) is 4.79 Å². The molecule has 3 rings (SSSR count). The van der Waals surface area contributed by atoms with Gasteiger partial charge in [0, 0.05) is 5.02 Å². The molecule has 4 nitrogen and oxygen atoms in total. The van der Waals surface area contributed by atoms with Crippen molar-refractivity contribution in [2.24, 2.45) is 4.99 Å². The number of phenols is 1. The zero-order chi connectivity index (χ0) is 16.4. The Morgan fingerprint density at radius 1 is 1.26 bits per heavy atom. The number of benzene rings is 2. The summed E-state index contributed by atoms with van der Waals surface area (Å²) in [5.41, 5.74) is 2.45. The van der Waals surface area contributed by atoms with Crippen molar-refractivity contribution in [3.8, 4) is 5.75 Å². The Bertz CT molecular complexity index is 846. The van der Waals surface area contributed by atoms with Crippen LogP contribution in [0.4, 0.5) is 5.69 Å². The molecular formula is C17H13ClN2O2S. The molecule has 1 amide bonds. The molecule has 0 aliphatic carbocycles. The van der Waals surface area contributed by atoms with Crippen LogP contribution in [-0.4, -0.2) is 16.2 Å². The van der Waals surface area contributed by atoms with E-state index in [1.165, 1.54) is 11.8 Å². The Kier molecular flexibility index (Phi) is 4.41. The number of thioether (sulfide) groups is 1. The zero-order valence-corrected chi connectivity index (χ0v) is 13.8. The number of amidine groups is 1. The maximum atomic E-state index is 12.0. The van der Waals surface area contributed by atoms with Gasteiger partial charge < -0.3 is 10.4 Å². The number of phenolic OH excluding ortho intramolecular Hbond substituents is 1. The Morgan fingerprint density at radius 3 is 2.87 bits per heavy atom. The summed E-state index contributed by atoms with van der Waals surface area (Å²) in [6.07, 6.45) is 1.72. The molecule has 1 fully saturated rings. The summed E-state index contributed by atoms with van der Waals surface area (Å²) in [4.78, 5) is 17.0. The van der Waals surface area contributed by atoms with Gasteiger partial charge in [-0.2, -0.15) is 0 Å². The van der Waals surface area contributed by atoms with Crippen molar-refractivity contribution in [3.63, 3.8) is 0 Å². The Morgan fingerprint density at radius 2 is 2.09 bits per heavy atom. The van der Waals surface area contributed by atoms with Crippen molar-refractivity contribution in [2.45, 2.75) is 6.92 Å². The van der Waals surface area contributed by atoms with Crippen molar-refractivity contribution < 1.29 is 9.90 Å². The number of nitrogens with zero attached hydrogens (tertiary/aromatic N) is 1. The Hall–Kier alpha value is -2.24. The summed E-state index contributed by atoms with van der Waals surface area (Å²) >= 11 is 7.24. The molecule has 116 valence electrons. The number of carbonyl (C=O) groups is 1. The highest BCUT2D eigenvalue weighted by molar-refractivity contribution is 8.18. The van der Waals surface area contributed by atoms with Crippen molar-refractivity contribution in [2.75, 3.05) is 0 Å². The van der Waals surface area contributed by atoms with Gasteiger partial charge in [0.15, 0.2) is 5.17 Å². The van der Waals surface area contributed by atoms with Gasteiger partial charge in [-0.3, -0.25) is 4.79 Å². The lowest BCUT2D eigenvalue weighted by atomic mass is 10.2. The van der Waals surface area contributed by atoms with E-state index in [0.29, 0.717) is 15.1 Å². The van der Waals surface area contributed by atoms with Crippen LogP contribution in [0.5, 0.6) is 5.75 Å². The highest BCUT2D eigenvalue weighted by Crippen LogP contribution is 2.30. The first-order valence-electron chi connectivity index (χ1n) is 6.86. The van der Waals surface area contributed by atoms with Gasteiger partial charge in [0.05, 0.1) is 10.6 Å². The summed E-state index contributed by atoms with van der Waals surface area (Å²) < 4.78 is 0. The van der Waals surface area contributed by atoms with Crippen LogP contribution < -0.4 is 5.32 Å². The summed E-state index contributed by atoms with van der Waals surface area (Å²) in [5.74, 6) is -0.0528. The molecule has 0 radical (unpaired) electrons. The lowest BCUT2D eigenvalue weighted by Crippen LogP contribution is -2.19. The minimum atomic E-state index is -0.211. The first-order valence-corrected chi connectivity index (χ1v) is 8.05. The largest absolute Gasteiger partial charge is 0.508 e. The van der Waals surface area contributed by atoms with Gasteiger partial charge in [0.1, 0.15) is 5.75 Å². The number of carbonyl (C=O) groups excluding carboxylic acids is 1. The van der Waals surface area contributed by atoms with E-state index in [4.69, 9.17) is 11.6 Å². The standard InChI is InChI=1S/C17H13ClN2O2S/c1-10-5-6-12(18)9-14(10)19-17-20-16(22)15(23-17)8-11-3-2-4-13(21)7-11/h2-9,21H,1H3,(H,19,20,22)/b15-8-. The smallest absolute Gasteiger partial charge is 0.264 e. The van der Waals surface area contributed by atoms with Crippen molar-refractivity contribution >= 4 is 46.2 Å². The summed E-state index contributed by atoms with van der Waals surface area (Å²) in [7, 11) is 0. The van der Waals surface area contributed by atoms with Crippen LogP contribution >= 0.6 is 23.4 Å². The van der Waals surface area contributed by atoms with Gasteiger partial charge in [0.25, 0.3) is 5.91 Å². The fourth-order valence-electron chi connectivity index (χ4n) is 2.06. The highest BCUT2D eigenvalue weighted by Gasteiger charge is 2.24. The second-order valence-electron chi connectivity index (χ2n) is 5.01. The van der Waals surface area contributed by atoms with Gasteiger partial charge in [0.2, 0.25) is 0 Å². The number of rotatable bonds is 2. The third-order valence-corrected chi connectivity index (χ3v) is 4.36. The number of hydrogen-bond donors (Lipinski definition) is 2. The van der Waals surface area contributed by atoms with E-state index in [-0.39, 0.29) is 11.7 Å². The second-order valence-corrected chi connectivity index (χ2v) is 6.47. The molecule has 23 heavy (non-hydrogen) atoms. The third-order valence-electron chi connectivity index (χ3n) is 3.21. The molecular weight excluding hydrogens is 332 g/mol. The molecule has 0 unspecified atom stereocenters. The van der Waals surface area contributed by atoms with E-state index in [2.05, 4.69) is 10.3 Å². The number of halogens is 1. The number of aryl methyl sites for hydroxylation is 1. The molecule has 1 aliphatic rings. The lowest BCUT2D eigenvalue weighted by molar-refractivity contribution is -0.115. The molecule has 0 aromatic heterocycles. The average Bonchev–Trinajstić information content (AvgIpc) is 2.83. The predicted molar refractivity (Wildman–Crippen MR) is 95.1 cm³/mol. The van der Waals surface area contributed by atoms with E-state index in [1.807, 2.05) is 19.1 Å². The van der Waals surface area contributed by atoms with Gasteiger partial charge in [-0.15, -0.1) is 0 Å². The van der Waals surface area contributed by atoms with Crippen LogP contribution in [0.2, 0.25) is 5.02 Å². The Labute approximate surface area is 142 Å². The van der Waals surface area contributed by atoms with E-state index >= 15 is 0 Å². The maximum absolute atomic E-state index is 12.0. The SMILES string of the molecule is Cc1ccc(Cl)cc1N=C1NC(=O)/C(=C/c2cccc(O)c2)S1. The monoisotopic (exact) mass is 344 g/mol. The lowest BCUT2D eigenvalue weighted by Gasteiger charge is -2.01. The quantitative estimate of drug-likeness (QED) is 0.801. The normalized spacial score (nSPS) is 17.7. The fourth-order valence-corrected chi connectivity index (χ4v) is 3.06. The number of hydrogen-bond acceptors (Lipinski definition) is 4. The summed E-state index contributed by atoms with van der Waals surface area (Å²) in [5, 5.41) is 13.3. The van der Waals surface area contributed by atoms with Crippen LogP contribution in [0.15, 0.2) is 52.4 Å². The predicted octanol–water partition coefficient (Wildman–Crippen LogP) is 4.25. The van der Waals surface area contributed by atoms with Crippen molar-refractivity contribution in [1.82, 2.24) is 5.32 Å². The molecule has 0 saturated carbocycles. The van der Waals surface area contributed by atoms with Gasteiger partial charge in [-0.1, -0.05) is 29.8 Å². The van der Waals surface area contributed by atoms with Gasteiger partial charge in [-0.05, 0) is 60.2 Å². The molecule has 0 bridgehead atoms. The van der Waals surface area contributed by atoms with Crippen LogP contribution in [0.25, 0.3) is 6.08 Å². The van der Waals surface area contributed by atoms with E-state index in [9.17, 15) is 9.90 Å². The minimum absolute atomic E-state index is 0.159. The number of nitrogens with one attached hydrogen (secondary N) is 1. The summed E-state index contributed by atoms with van der Waals surface area (Å²) in [6.45, 7) is 1.93. The highest BCUT2D eigenvalue weighted by atomic mass is 35.5. The summed E-state index contributed by atoms with van der Waals surface area (Å²) in [6, 6.07) is 12.2. The number of aliphatic imine (C=N–C) groups is 1. The molecule has 2 N–H and O–H groups in total. The first kappa shape index (κ1) is 15.6. The molecule has 2 aromatic carbocycles. The average molecular weight is 345 g/mol. The maximum Gasteiger partial charge on any atom is 0.264 e.